The summed E-state index contributed by atoms with van der Waals surface area (Å²) >= 11 is 1.36. The van der Waals surface area contributed by atoms with Gasteiger partial charge in [0.25, 0.3) is 11.8 Å². The lowest BCUT2D eigenvalue weighted by molar-refractivity contribution is -0.131. The molecule has 1 aliphatic rings. The molecule has 2 N–H and O–H groups in total. The van der Waals surface area contributed by atoms with Gasteiger partial charge in [-0.3, -0.25) is 9.59 Å². The van der Waals surface area contributed by atoms with Gasteiger partial charge in [-0.1, -0.05) is 23.9 Å². The zero-order valence-electron chi connectivity index (χ0n) is 17.8. The third kappa shape index (κ3) is 6.10. The Labute approximate surface area is 186 Å². The van der Waals surface area contributed by atoms with Gasteiger partial charge in [0.2, 0.25) is 0 Å². The molecule has 7 nitrogen and oxygen atoms in total. The standard InChI is InChI=1S/C23H26N2O5S/c1-4-29-21(30-5-2)14-24-22(26)16-9-10-19-18(13-16)25-23(27)20(31-19)12-15-7-6-8-17(11-15)28-3/h6-13,21H,4-5,14H2,1-3H3,(H,24,26)(H,25,27). The fourth-order valence-electron chi connectivity index (χ4n) is 3.00. The zero-order chi connectivity index (χ0) is 22.2. The Morgan fingerprint density at radius 3 is 2.65 bits per heavy atom. The Kier molecular flexibility index (Phi) is 8.11. The minimum Gasteiger partial charge on any atom is -0.497 e. The number of thioether (sulfide) groups is 1. The van der Waals surface area contributed by atoms with Gasteiger partial charge in [-0.05, 0) is 55.8 Å². The van der Waals surface area contributed by atoms with Crippen molar-refractivity contribution in [2.75, 3.05) is 32.2 Å². The van der Waals surface area contributed by atoms with E-state index in [2.05, 4.69) is 10.6 Å². The second-order valence-electron chi connectivity index (χ2n) is 6.60. The molecule has 0 spiro atoms. The number of methoxy groups -OCH3 is 1. The van der Waals surface area contributed by atoms with Crippen LogP contribution in [0.3, 0.4) is 0 Å². The average molecular weight is 443 g/mol. The second kappa shape index (κ2) is 11.0. The SMILES string of the molecule is CCOC(CNC(=O)c1ccc2c(c1)NC(=O)C(=Cc1cccc(OC)c1)S2)OCC. The highest BCUT2D eigenvalue weighted by Crippen LogP contribution is 2.39. The molecule has 0 saturated carbocycles. The molecule has 1 aliphatic heterocycles. The molecule has 2 amide bonds. The second-order valence-corrected chi connectivity index (χ2v) is 7.69. The normalized spacial score (nSPS) is 14.3. The fourth-order valence-corrected chi connectivity index (χ4v) is 3.93. The fraction of sp³-hybridized carbons (Fsp3) is 0.304. The Morgan fingerprint density at radius 2 is 1.94 bits per heavy atom. The first kappa shape index (κ1) is 22.9. The molecule has 0 bridgehead atoms. The molecule has 164 valence electrons. The molecule has 0 aromatic heterocycles. The molecule has 0 saturated heterocycles. The topological polar surface area (TPSA) is 85.9 Å². The van der Waals surface area contributed by atoms with Crippen molar-refractivity contribution in [3.63, 3.8) is 0 Å². The number of hydrogen-bond acceptors (Lipinski definition) is 6. The number of ether oxygens (including phenoxy) is 3. The van der Waals surface area contributed by atoms with Crippen LogP contribution in [0.15, 0.2) is 52.3 Å². The summed E-state index contributed by atoms with van der Waals surface area (Å²) in [7, 11) is 1.60. The van der Waals surface area contributed by atoms with E-state index in [0.29, 0.717) is 29.4 Å². The van der Waals surface area contributed by atoms with Crippen LogP contribution in [-0.2, 0) is 14.3 Å². The molecule has 3 rings (SSSR count). The summed E-state index contributed by atoms with van der Waals surface area (Å²) < 4.78 is 16.1. The number of rotatable bonds is 9. The van der Waals surface area contributed by atoms with Crippen molar-refractivity contribution in [2.45, 2.75) is 25.0 Å². The molecule has 31 heavy (non-hydrogen) atoms. The maximum absolute atomic E-state index is 12.6. The smallest absolute Gasteiger partial charge is 0.262 e. The van der Waals surface area contributed by atoms with Gasteiger partial charge in [0.15, 0.2) is 6.29 Å². The highest BCUT2D eigenvalue weighted by molar-refractivity contribution is 8.04. The number of carbonyl (C=O) groups excluding carboxylic acids is 2. The van der Waals surface area contributed by atoms with Crippen LogP contribution in [0.2, 0.25) is 0 Å². The summed E-state index contributed by atoms with van der Waals surface area (Å²) in [5.74, 6) is 0.248. The van der Waals surface area contributed by atoms with Crippen molar-refractivity contribution in [1.82, 2.24) is 5.32 Å². The highest BCUT2D eigenvalue weighted by atomic mass is 32.2. The summed E-state index contributed by atoms with van der Waals surface area (Å²) in [6.07, 6.45) is 1.32. The summed E-state index contributed by atoms with van der Waals surface area (Å²) in [4.78, 5) is 26.5. The Morgan fingerprint density at radius 1 is 1.16 bits per heavy atom. The van der Waals surface area contributed by atoms with E-state index in [1.807, 2.05) is 50.3 Å². The number of benzene rings is 2. The number of amides is 2. The van der Waals surface area contributed by atoms with E-state index >= 15 is 0 Å². The number of nitrogens with one attached hydrogen (secondary N) is 2. The highest BCUT2D eigenvalue weighted by Gasteiger charge is 2.22. The average Bonchev–Trinajstić information content (AvgIpc) is 2.78. The molecular formula is C23H26N2O5S. The van der Waals surface area contributed by atoms with Gasteiger partial charge in [-0.25, -0.2) is 0 Å². The third-order valence-corrected chi connectivity index (χ3v) is 5.56. The molecule has 0 aliphatic carbocycles. The monoisotopic (exact) mass is 442 g/mol. The molecule has 2 aromatic rings. The van der Waals surface area contributed by atoms with Crippen molar-refractivity contribution in [1.29, 1.82) is 0 Å². The van der Waals surface area contributed by atoms with Crippen molar-refractivity contribution >= 4 is 35.3 Å². The van der Waals surface area contributed by atoms with Crippen LogP contribution in [-0.4, -0.2) is 45.0 Å². The quantitative estimate of drug-likeness (QED) is 0.452. The lowest BCUT2D eigenvalue weighted by Gasteiger charge is -2.20. The van der Waals surface area contributed by atoms with Crippen LogP contribution in [0.4, 0.5) is 5.69 Å². The summed E-state index contributed by atoms with van der Waals surface area (Å²) in [6.45, 7) is 4.97. The van der Waals surface area contributed by atoms with Gasteiger partial charge in [0.05, 0.1) is 24.2 Å². The maximum atomic E-state index is 12.6. The van der Waals surface area contributed by atoms with Crippen LogP contribution >= 0.6 is 11.8 Å². The number of anilines is 1. The lowest BCUT2D eigenvalue weighted by atomic mass is 10.1. The number of hydrogen-bond donors (Lipinski definition) is 2. The minimum atomic E-state index is -0.490. The van der Waals surface area contributed by atoms with Gasteiger partial charge < -0.3 is 24.8 Å². The van der Waals surface area contributed by atoms with E-state index in [9.17, 15) is 9.59 Å². The van der Waals surface area contributed by atoms with Gasteiger partial charge in [-0.2, -0.15) is 0 Å². The van der Waals surface area contributed by atoms with E-state index in [1.54, 1.807) is 19.2 Å². The third-order valence-electron chi connectivity index (χ3n) is 4.46. The summed E-state index contributed by atoms with van der Waals surface area (Å²) in [6, 6.07) is 12.7. The van der Waals surface area contributed by atoms with Gasteiger partial charge in [-0.15, -0.1) is 0 Å². The van der Waals surface area contributed by atoms with E-state index in [0.717, 1.165) is 16.2 Å². The van der Waals surface area contributed by atoms with Gasteiger partial charge in [0, 0.05) is 23.7 Å². The Bertz CT molecular complexity index is 970. The molecule has 0 radical (unpaired) electrons. The lowest BCUT2D eigenvalue weighted by Crippen LogP contribution is -2.35. The van der Waals surface area contributed by atoms with Crippen molar-refractivity contribution < 1.29 is 23.8 Å². The molecule has 0 fully saturated rings. The molecular weight excluding hydrogens is 416 g/mol. The van der Waals surface area contributed by atoms with E-state index in [-0.39, 0.29) is 18.4 Å². The van der Waals surface area contributed by atoms with Crippen LogP contribution in [0.25, 0.3) is 6.08 Å². The molecule has 0 unspecified atom stereocenters. The Balaban J connectivity index is 1.70. The van der Waals surface area contributed by atoms with Gasteiger partial charge in [0.1, 0.15) is 5.75 Å². The van der Waals surface area contributed by atoms with Crippen LogP contribution in [0.1, 0.15) is 29.8 Å². The van der Waals surface area contributed by atoms with Crippen LogP contribution in [0, 0.1) is 0 Å². The van der Waals surface area contributed by atoms with E-state index < -0.39 is 6.29 Å². The van der Waals surface area contributed by atoms with Crippen LogP contribution < -0.4 is 15.4 Å². The predicted octanol–water partition coefficient (Wildman–Crippen LogP) is 3.91. The number of carbonyl (C=O) groups is 2. The molecule has 1 heterocycles. The number of fused-ring (bicyclic) bond motifs is 1. The van der Waals surface area contributed by atoms with Crippen molar-refractivity contribution in [3.05, 3.63) is 58.5 Å². The van der Waals surface area contributed by atoms with Crippen molar-refractivity contribution in [2.24, 2.45) is 0 Å². The largest absolute Gasteiger partial charge is 0.497 e. The van der Waals surface area contributed by atoms with Crippen molar-refractivity contribution in [3.8, 4) is 5.75 Å². The molecule has 8 heteroatoms. The summed E-state index contributed by atoms with van der Waals surface area (Å²) in [5.41, 5.74) is 1.93. The summed E-state index contributed by atoms with van der Waals surface area (Å²) in [5, 5.41) is 5.68. The molecule has 2 aromatic carbocycles. The zero-order valence-corrected chi connectivity index (χ0v) is 18.6. The first-order valence-electron chi connectivity index (χ1n) is 10.0. The molecule has 0 atom stereocenters. The predicted molar refractivity (Wildman–Crippen MR) is 121 cm³/mol. The minimum absolute atomic E-state index is 0.217. The van der Waals surface area contributed by atoms with Crippen LogP contribution in [0.5, 0.6) is 5.75 Å². The Hall–Kier alpha value is -2.81. The van der Waals surface area contributed by atoms with Gasteiger partial charge >= 0.3 is 0 Å². The van der Waals surface area contributed by atoms with E-state index in [1.165, 1.54) is 11.8 Å². The first-order chi connectivity index (χ1) is 15.0. The maximum Gasteiger partial charge on any atom is 0.262 e. The van der Waals surface area contributed by atoms with E-state index in [4.69, 9.17) is 14.2 Å². The first-order valence-corrected chi connectivity index (χ1v) is 10.9.